The fraction of sp³-hybridized carbons (Fsp3) is 0.462. The van der Waals surface area contributed by atoms with E-state index in [9.17, 15) is 13.2 Å². The Hall–Kier alpha value is -0.920. The Kier molecular flexibility index (Phi) is 4.22. The number of carbonyl (C=O) groups excluding carboxylic acids is 1. The van der Waals surface area contributed by atoms with Gasteiger partial charge < -0.3 is 4.90 Å². The molecule has 1 atom stereocenters. The minimum atomic E-state index is -3.55. The topological polar surface area (TPSA) is 80.5 Å². The average Bonchev–Trinajstić information content (AvgIpc) is 2.55. The van der Waals surface area contributed by atoms with Crippen LogP contribution >= 0.6 is 15.9 Å². The van der Waals surface area contributed by atoms with Crippen LogP contribution in [0.1, 0.15) is 17.5 Å². The van der Waals surface area contributed by atoms with Gasteiger partial charge in [0.1, 0.15) is 0 Å². The first-order valence-electron chi connectivity index (χ1n) is 6.25. The zero-order valence-electron chi connectivity index (χ0n) is 11.4. The first-order valence-corrected chi connectivity index (χ1v) is 8.76. The fourth-order valence-electron chi connectivity index (χ4n) is 2.77. The standard InChI is InChI=1S/C13H17BrN2O3S/c1-8-3-11(14)4-9(2)13(8)16-6-10(5-12(16)17)7-20(15,18)19/h3-4,10H,5-7H2,1-2H3,(H2,15,18,19). The van der Waals surface area contributed by atoms with Gasteiger partial charge in [-0.15, -0.1) is 0 Å². The van der Waals surface area contributed by atoms with Crippen LogP contribution in [0.5, 0.6) is 0 Å². The number of hydrogen-bond donors (Lipinski definition) is 1. The van der Waals surface area contributed by atoms with Gasteiger partial charge in [-0.2, -0.15) is 0 Å². The lowest BCUT2D eigenvalue weighted by atomic mass is 10.1. The highest BCUT2D eigenvalue weighted by Gasteiger charge is 2.34. The Morgan fingerprint density at radius 3 is 2.40 bits per heavy atom. The third kappa shape index (κ3) is 3.39. The summed E-state index contributed by atoms with van der Waals surface area (Å²) < 4.78 is 23.3. The summed E-state index contributed by atoms with van der Waals surface area (Å²) in [5, 5.41) is 5.06. The zero-order valence-corrected chi connectivity index (χ0v) is 13.8. The number of hydrogen-bond acceptors (Lipinski definition) is 3. The molecule has 20 heavy (non-hydrogen) atoms. The molecule has 1 aromatic rings. The van der Waals surface area contributed by atoms with E-state index in [2.05, 4.69) is 15.9 Å². The van der Waals surface area contributed by atoms with Gasteiger partial charge >= 0.3 is 0 Å². The lowest BCUT2D eigenvalue weighted by Crippen LogP contribution is -2.28. The Labute approximate surface area is 127 Å². The number of nitrogens with two attached hydrogens (primary N) is 1. The van der Waals surface area contributed by atoms with E-state index in [1.165, 1.54) is 0 Å². The van der Waals surface area contributed by atoms with Crippen molar-refractivity contribution in [1.82, 2.24) is 0 Å². The summed E-state index contributed by atoms with van der Waals surface area (Å²) in [5.74, 6) is -0.434. The van der Waals surface area contributed by atoms with E-state index in [0.29, 0.717) is 6.54 Å². The summed E-state index contributed by atoms with van der Waals surface area (Å²) in [4.78, 5) is 13.8. The molecule has 1 aliphatic rings. The molecule has 1 amide bonds. The number of carbonyl (C=O) groups is 1. The van der Waals surface area contributed by atoms with E-state index in [-0.39, 0.29) is 24.0 Å². The van der Waals surface area contributed by atoms with Crippen LogP contribution in [0.3, 0.4) is 0 Å². The van der Waals surface area contributed by atoms with Gasteiger partial charge in [0.25, 0.3) is 0 Å². The molecular weight excluding hydrogens is 344 g/mol. The van der Waals surface area contributed by atoms with Gasteiger partial charge in [-0.1, -0.05) is 15.9 Å². The average molecular weight is 361 g/mol. The summed E-state index contributed by atoms with van der Waals surface area (Å²) in [6, 6.07) is 3.89. The number of amides is 1. The number of aryl methyl sites for hydroxylation is 2. The molecule has 0 aromatic heterocycles. The Morgan fingerprint density at radius 2 is 1.90 bits per heavy atom. The summed E-state index contributed by atoms with van der Waals surface area (Å²) in [6.45, 7) is 4.28. The van der Waals surface area contributed by atoms with Gasteiger partial charge in [-0.05, 0) is 37.1 Å². The van der Waals surface area contributed by atoms with Crippen LogP contribution in [0.25, 0.3) is 0 Å². The number of anilines is 1. The second kappa shape index (κ2) is 5.46. The van der Waals surface area contributed by atoms with Crippen molar-refractivity contribution in [3.63, 3.8) is 0 Å². The summed E-state index contributed by atoms with van der Waals surface area (Å²) in [5.41, 5.74) is 2.85. The molecule has 0 spiro atoms. The summed E-state index contributed by atoms with van der Waals surface area (Å²) in [7, 11) is -3.55. The number of sulfonamides is 1. The maximum Gasteiger partial charge on any atom is 0.227 e. The van der Waals surface area contributed by atoms with E-state index < -0.39 is 10.0 Å². The highest BCUT2D eigenvalue weighted by atomic mass is 79.9. The van der Waals surface area contributed by atoms with Crippen LogP contribution in [0.15, 0.2) is 16.6 Å². The number of nitrogens with zero attached hydrogens (tertiary/aromatic N) is 1. The van der Waals surface area contributed by atoms with Crippen LogP contribution in [0.2, 0.25) is 0 Å². The van der Waals surface area contributed by atoms with Crippen LogP contribution in [0, 0.1) is 19.8 Å². The van der Waals surface area contributed by atoms with E-state index >= 15 is 0 Å². The van der Waals surface area contributed by atoms with Crippen molar-refractivity contribution >= 4 is 37.5 Å². The van der Waals surface area contributed by atoms with Crippen molar-refractivity contribution in [2.45, 2.75) is 20.3 Å². The fourth-order valence-corrected chi connectivity index (χ4v) is 4.33. The van der Waals surface area contributed by atoms with E-state index in [1.54, 1.807) is 4.90 Å². The normalized spacial score (nSPS) is 19.7. The summed E-state index contributed by atoms with van der Waals surface area (Å²) in [6.07, 6.45) is 0.228. The summed E-state index contributed by atoms with van der Waals surface area (Å²) >= 11 is 3.42. The molecular formula is C13H17BrN2O3S. The molecule has 1 unspecified atom stereocenters. The molecule has 5 nitrogen and oxygen atoms in total. The molecule has 0 saturated carbocycles. The van der Waals surface area contributed by atoms with Crippen molar-refractivity contribution in [2.24, 2.45) is 11.1 Å². The predicted molar refractivity (Wildman–Crippen MR) is 82.1 cm³/mol. The SMILES string of the molecule is Cc1cc(Br)cc(C)c1N1CC(CS(N)(=O)=O)CC1=O. The Morgan fingerprint density at radius 1 is 1.35 bits per heavy atom. The van der Waals surface area contributed by atoms with E-state index in [0.717, 1.165) is 21.3 Å². The van der Waals surface area contributed by atoms with Gasteiger partial charge in [-0.25, -0.2) is 13.6 Å². The molecule has 2 rings (SSSR count). The minimum Gasteiger partial charge on any atom is -0.312 e. The molecule has 7 heteroatoms. The van der Waals surface area contributed by atoms with Gasteiger partial charge in [0.05, 0.1) is 5.75 Å². The van der Waals surface area contributed by atoms with Crippen molar-refractivity contribution in [1.29, 1.82) is 0 Å². The Bertz CT molecular complexity index is 635. The smallest absolute Gasteiger partial charge is 0.227 e. The monoisotopic (exact) mass is 360 g/mol. The van der Waals surface area contributed by atoms with Crippen LogP contribution in [-0.2, 0) is 14.8 Å². The largest absolute Gasteiger partial charge is 0.312 e. The highest BCUT2D eigenvalue weighted by Crippen LogP contribution is 2.33. The van der Waals surface area contributed by atoms with Crippen molar-refractivity contribution < 1.29 is 13.2 Å². The third-order valence-electron chi connectivity index (χ3n) is 3.40. The number of benzene rings is 1. The maximum atomic E-state index is 12.1. The van der Waals surface area contributed by atoms with Gasteiger partial charge in [0, 0.05) is 29.0 Å². The van der Waals surface area contributed by atoms with Gasteiger partial charge in [0.2, 0.25) is 15.9 Å². The number of rotatable bonds is 3. The Balaban J connectivity index is 2.29. The van der Waals surface area contributed by atoms with Crippen LogP contribution in [0.4, 0.5) is 5.69 Å². The van der Waals surface area contributed by atoms with E-state index in [4.69, 9.17) is 5.14 Å². The van der Waals surface area contributed by atoms with E-state index in [1.807, 2.05) is 26.0 Å². The molecule has 1 aliphatic heterocycles. The lowest BCUT2D eigenvalue weighted by molar-refractivity contribution is -0.117. The number of primary sulfonamides is 1. The molecule has 0 aliphatic carbocycles. The number of halogens is 1. The second-order valence-corrected chi connectivity index (χ2v) is 7.87. The molecule has 1 saturated heterocycles. The van der Waals surface area contributed by atoms with Crippen LogP contribution in [-0.4, -0.2) is 26.6 Å². The predicted octanol–water partition coefficient (Wildman–Crippen LogP) is 1.71. The molecule has 110 valence electrons. The molecule has 0 radical (unpaired) electrons. The van der Waals surface area contributed by atoms with Crippen molar-refractivity contribution in [2.75, 3.05) is 17.2 Å². The van der Waals surface area contributed by atoms with Crippen molar-refractivity contribution in [3.05, 3.63) is 27.7 Å². The third-order valence-corrected chi connectivity index (χ3v) is 4.79. The highest BCUT2D eigenvalue weighted by molar-refractivity contribution is 9.10. The minimum absolute atomic E-state index is 0.0489. The van der Waals surface area contributed by atoms with Crippen molar-refractivity contribution in [3.8, 4) is 0 Å². The van der Waals surface area contributed by atoms with Gasteiger partial charge in [0.15, 0.2) is 0 Å². The first-order chi connectivity index (χ1) is 9.17. The van der Waals surface area contributed by atoms with Crippen LogP contribution < -0.4 is 10.0 Å². The quantitative estimate of drug-likeness (QED) is 0.890. The molecule has 1 heterocycles. The first kappa shape index (κ1) is 15.5. The lowest BCUT2D eigenvalue weighted by Gasteiger charge is -2.22. The maximum absolute atomic E-state index is 12.1. The zero-order chi connectivity index (χ0) is 15.1. The molecule has 1 aromatic carbocycles. The van der Waals surface area contributed by atoms with Gasteiger partial charge in [-0.3, -0.25) is 4.79 Å². The molecule has 0 bridgehead atoms. The molecule has 1 fully saturated rings. The second-order valence-electron chi connectivity index (χ2n) is 5.29. The molecule has 2 N–H and O–H groups in total.